The zero-order valence-electron chi connectivity index (χ0n) is 11.2. The van der Waals surface area contributed by atoms with Crippen LogP contribution in [-0.4, -0.2) is 18.2 Å². The Morgan fingerprint density at radius 3 is 2.84 bits per heavy atom. The number of fused-ring (bicyclic) bond motifs is 3. The van der Waals surface area contributed by atoms with E-state index in [2.05, 4.69) is 10.6 Å². The second kappa shape index (κ2) is 5.06. The highest BCUT2D eigenvalue weighted by Crippen LogP contribution is 2.37. The van der Waals surface area contributed by atoms with Crippen molar-refractivity contribution in [1.82, 2.24) is 4.57 Å². The van der Waals surface area contributed by atoms with Gasteiger partial charge in [0, 0.05) is 24.2 Å². The van der Waals surface area contributed by atoms with Gasteiger partial charge in [-0.3, -0.25) is 0 Å². The predicted molar refractivity (Wildman–Crippen MR) is 79.2 cm³/mol. The van der Waals surface area contributed by atoms with E-state index < -0.39 is 0 Å². The molecular formula is C15H19ClN2O. The van der Waals surface area contributed by atoms with Crippen LogP contribution in [0.4, 0.5) is 0 Å². The van der Waals surface area contributed by atoms with Crippen LogP contribution in [0, 0.1) is 0 Å². The van der Waals surface area contributed by atoms with Gasteiger partial charge in [0.05, 0.1) is 17.6 Å². The van der Waals surface area contributed by atoms with Gasteiger partial charge in [0.1, 0.15) is 5.75 Å². The van der Waals surface area contributed by atoms with Crippen molar-refractivity contribution in [3.63, 3.8) is 0 Å². The third-order valence-corrected chi connectivity index (χ3v) is 4.30. The van der Waals surface area contributed by atoms with Crippen LogP contribution in [0.2, 0.25) is 5.02 Å². The summed E-state index contributed by atoms with van der Waals surface area (Å²) in [5.74, 6) is 0.757. The van der Waals surface area contributed by atoms with Crippen molar-refractivity contribution < 1.29 is 4.74 Å². The van der Waals surface area contributed by atoms with E-state index in [-0.39, 0.29) is 0 Å². The molecule has 19 heavy (non-hydrogen) atoms. The Labute approximate surface area is 118 Å². The van der Waals surface area contributed by atoms with E-state index in [1.165, 1.54) is 35.0 Å². The molecule has 2 aromatic rings. The molecule has 0 bridgehead atoms. The molecule has 2 N–H and O–H groups in total. The third-order valence-electron chi connectivity index (χ3n) is 4.00. The Hall–Kier alpha value is -1.19. The van der Waals surface area contributed by atoms with Gasteiger partial charge in [-0.2, -0.15) is 0 Å². The summed E-state index contributed by atoms with van der Waals surface area (Å²) in [6, 6.07) is 4.10. The standard InChI is InChI=1S/C15H19ClN2O/c1-19-15-8-11-10-4-2-3-5-13(10)18(7-6-17)14(11)9-12(15)16/h8-9H,2-7,17H2,1H3. The summed E-state index contributed by atoms with van der Waals surface area (Å²) in [5.41, 5.74) is 9.86. The lowest BCUT2D eigenvalue weighted by atomic mass is 9.95. The quantitative estimate of drug-likeness (QED) is 0.937. The summed E-state index contributed by atoms with van der Waals surface area (Å²) in [5, 5.41) is 1.95. The summed E-state index contributed by atoms with van der Waals surface area (Å²) in [6.45, 7) is 1.51. The van der Waals surface area contributed by atoms with Crippen LogP contribution in [0.1, 0.15) is 24.1 Å². The maximum absolute atomic E-state index is 6.27. The average Bonchev–Trinajstić information content (AvgIpc) is 2.73. The van der Waals surface area contributed by atoms with Crippen LogP contribution in [-0.2, 0) is 19.4 Å². The Morgan fingerprint density at radius 1 is 1.32 bits per heavy atom. The summed E-state index contributed by atoms with van der Waals surface area (Å²) in [4.78, 5) is 0. The largest absolute Gasteiger partial charge is 0.495 e. The van der Waals surface area contributed by atoms with Crippen LogP contribution in [0.15, 0.2) is 12.1 Å². The number of benzene rings is 1. The van der Waals surface area contributed by atoms with E-state index in [0.717, 1.165) is 25.1 Å². The van der Waals surface area contributed by atoms with Crippen molar-refractivity contribution in [3.8, 4) is 5.75 Å². The van der Waals surface area contributed by atoms with Crippen LogP contribution in [0.3, 0.4) is 0 Å². The maximum Gasteiger partial charge on any atom is 0.138 e. The zero-order valence-corrected chi connectivity index (χ0v) is 12.0. The number of aromatic nitrogens is 1. The van der Waals surface area contributed by atoms with Crippen molar-refractivity contribution in [2.75, 3.05) is 13.7 Å². The molecule has 0 radical (unpaired) electrons. The lowest BCUT2D eigenvalue weighted by Crippen LogP contribution is -2.14. The van der Waals surface area contributed by atoms with E-state index in [0.29, 0.717) is 11.6 Å². The van der Waals surface area contributed by atoms with Gasteiger partial charge in [0.2, 0.25) is 0 Å². The predicted octanol–water partition coefficient (Wildman–Crippen LogP) is 3.14. The van der Waals surface area contributed by atoms with Gasteiger partial charge in [-0.1, -0.05) is 11.6 Å². The van der Waals surface area contributed by atoms with E-state index in [4.69, 9.17) is 22.1 Å². The minimum atomic E-state index is 0.653. The first kappa shape index (κ1) is 12.8. The molecule has 3 nitrogen and oxygen atoms in total. The number of rotatable bonds is 3. The lowest BCUT2D eigenvalue weighted by molar-refractivity contribution is 0.415. The van der Waals surface area contributed by atoms with Crippen LogP contribution in [0.25, 0.3) is 10.9 Å². The molecule has 0 atom stereocenters. The minimum absolute atomic E-state index is 0.653. The fourth-order valence-corrected chi connectivity index (χ4v) is 3.41. The van der Waals surface area contributed by atoms with Gasteiger partial charge in [-0.05, 0) is 43.4 Å². The molecule has 1 aliphatic carbocycles. The van der Waals surface area contributed by atoms with Crippen LogP contribution in [0.5, 0.6) is 5.75 Å². The monoisotopic (exact) mass is 278 g/mol. The first-order valence-electron chi connectivity index (χ1n) is 6.83. The Kier molecular flexibility index (Phi) is 3.42. The molecular weight excluding hydrogens is 260 g/mol. The number of ether oxygens (including phenoxy) is 1. The highest BCUT2D eigenvalue weighted by atomic mass is 35.5. The lowest BCUT2D eigenvalue weighted by Gasteiger charge is -2.15. The molecule has 102 valence electrons. The van der Waals surface area contributed by atoms with E-state index >= 15 is 0 Å². The van der Waals surface area contributed by atoms with Gasteiger partial charge in [-0.15, -0.1) is 0 Å². The molecule has 1 aromatic carbocycles. The number of aryl methyl sites for hydroxylation is 1. The van der Waals surface area contributed by atoms with Gasteiger partial charge >= 0.3 is 0 Å². The number of nitrogens with two attached hydrogens (primary N) is 1. The first-order chi connectivity index (χ1) is 9.26. The summed E-state index contributed by atoms with van der Waals surface area (Å²) in [6.07, 6.45) is 4.82. The van der Waals surface area contributed by atoms with Crippen molar-refractivity contribution in [2.45, 2.75) is 32.2 Å². The molecule has 0 aliphatic heterocycles. The highest BCUT2D eigenvalue weighted by molar-refractivity contribution is 6.32. The van der Waals surface area contributed by atoms with Gasteiger partial charge in [0.25, 0.3) is 0 Å². The normalized spacial score (nSPS) is 14.7. The Balaban J connectivity index is 2.29. The molecule has 0 fully saturated rings. The average molecular weight is 279 g/mol. The van der Waals surface area contributed by atoms with Gasteiger partial charge < -0.3 is 15.0 Å². The Morgan fingerprint density at radius 2 is 2.11 bits per heavy atom. The van der Waals surface area contributed by atoms with E-state index in [1.54, 1.807) is 7.11 Å². The topological polar surface area (TPSA) is 40.2 Å². The molecule has 1 aromatic heterocycles. The maximum atomic E-state index is 6.27. The number of halogens is 1. The van der Waals surface area contributed by atoms with Gasteiger partial charge in [-0.25, -0.2) is 0 Å². The zero-order chi connectivity index (χ0) is 13.4. The van der Waals surface area contributed by atoms with Crippen LogP contribution < -0.4 is 10.5 Å². The number of hydrogen-bond acceptors (Lipinski definition) is 2. The second-order valence-electron chi connectivity index (χ2n) is 5.08. The fourth-order valence-electron chi connectivity index (χ4n) is 3.17. The third kappa shape index (κ3) is 2.01. The van der Waals surface area contributed by atoms with Crippen molar-refractivity contribution in [2.24, 2.45) is 5.73 Å². The SMILES string of the molecule is COc1cc2c3c(n(CCN)c2cc1Cl)CCCC3. The molecule has 0 unspecified atom stereocenters. The number of hydrogen-bond donors (Lipinski definition) is 1. The summed E-state index contributed by atoms with van der Waals surface area (Å²) in [7, 11) is 1.66. The first-order valence-corrected chi connectivity index (χ1v) is 7.21. The molecule has 0 spiro atoms. The number of methoxy groups -OCH3 is 1. The molecule has 3 rings (SSSR count). The number of nitrogens with zero attached hydrogens (tertiary/aromatic N) is 1. The second-order valence-corrected chi connectivity index (χ2v) is 5.48. The van der Waals surface area contributed by atoms with E-state index in [9.17, 15) is 0 Å². The highest BCUT2D eigenvalue weighted by Gasteiger charge is 2.21. The molecule has 4 heteroatoms. The van der Waals surface area contributed by atoms with E-state index in [1.807, 2.05) is 6.07 Å². The summed E-state index contributed by atoms with van der Waals surface area (Å²) < 4.78 is 7.69. The van der Waals surface area contributed by atoms with Gasteiger partial charge in [0.15, 0.2) is 0 Å². The smallest absolute Gasteiger partial charge is 0.138 e. The molecule has 1 heterocycles. The van der Waals surface area contributed by atoms with Crippen molar-refractivity contribution in [1.29, 1.82) is 0 Å². The Bertz CT molecular complexity index is 618. The molecule has 0 saturated heterocycles. The molecule has 0 saturated carbocycles. The fraction of sp³-hybridized carbons (Fsp3) is 0.467. The molecule has 1 aliphatic rings. The van der Waals surface area contributed by atoms with Crippen molar-refractivity contribution >= 4 is 22.5 Å². The van der Waals surface area contributed by atoms with Crippen molar-refractivity contribution in [3.05, 3.63) is 28.4 Å². The minimum Gasteiger partial charge on any atom is -0.495 e. The van der Waals surface area contributed by atoms with Crippen LogP contribution >= 0.6 is 11.6 Å². The molecule has 0 amide bonds. The summed E-state index contributed by atoms with van der Waals surface area (Å²) >= 11 is 6.27.